The summed E-state index contributed by atoms with van der Waals surface area (Å²) in [7, 11) is -2.23. The molecular weight excluding hydrogens is 412 g/mol. The fourth-order valence-electron chi connectivity index (χ4n) is 2.55. The van der Waals surface area contributed by atoms with Gasteiger partial charge in [-0.25, -0.2) is 4.83 Å². The Morgan fingerprint density at radius 2 is 1.79 bits per heavy atom. The van der Waals surface area contributed by atoms with Crippen molar-refractivity contribution in [2.45, 2.75) is 11.5 Å². The molecule has 0 heterocycles. The fraction of sp³-hybridized carbons (Fsp3) is 0.0952. The maximum atomic E-state index is 12.3. The molecule has 0 aliphatic rings. The van der Waals surface area contributed by atoms with Crippen molar-refractivity contribution in [2.24, 2.45) is 5.10 Å². The Bertz CT molecular complexity index is 1100. The first kappa shape index (κ1) is 20.7. The predicted molar refractivity (Wildman–Crippen MR) is 113 cm³/mol. The Morgan fingerprint density at radius 1 is 1.03 bits per heavy atom. The monoisotopic (exact) mass is 430 g/mol. The van der Waals surface area contributed by atoms with Gasteiger partial charge in [0.2, 0.25) is 0 Å². The van der Waals surface area contributed by atoms with Gasteiger partial charge in [0.05, 0.1) is 18.2 Å². The minimum Gasteiger partial charge on any atom is -0.493 e. The minimum absolute atomic E-state index is 0.125. The van der Waals surface area contributed by atoms with Crippen molar-refractivity contribution in [1.82, 2.24) is 4.83 Å². The minimum atomic E-state index is -3.75. The number of nitrogens with zero attached hydrogens (tertiary/aromatic N) is 1. The van der Waals surface area contributed by atoms with Crippen molar-refractivity contribution in [3.8, 4) is 11.5 Å². The maximum Gasteiger partial charge on any atom is 0.276 e. The zero-order valence-electron chi connectivity index (χ0n) is 15.6. The van der Waals surface area contributed by atoms with E-state index in [-0.39, 0.29) is 11.5 Å². The van der Waals surface area contributed by atoms with Crippen LogP contribution in [0.5, 0.6) is 11.5 Å². The molecule has 3 rings (SSSR count). The van der Waals surface area contributed by atoms with Gasteiger partial charge in [0.15, 0.2) is 11.5 Å². The van der Waals surface area contributed by atoms with Crippen LogP contribution in [0.1, 0.15) is 11.1 Å². The molecule has 1 N–H and O–H groups in total. The van der Waals surface area contributed by atoms with Crippen molar-refractivity contribution in [1.29, 1.82) is 0 Å². The average molecular weight is 431 g/mol. The molecule has 0 aromatic heterocycles. The summed E-state index contributed by atoms with van der Waals surface area (Å²) in [5.74, 6) is 0.944. The number of hydrogen-bond donors (Lipinski definition) is 1. The summed E-state index contributed by atoms with van der Waals surface area (Å²) in [6.45, 7) is 0.261. The molecule has 0 saturated heterocycles. The van der Waals surface area contributed by atoms with E-state index in [0.717, 1.165) is 5.56 Å². The average Bonchev–Trinajstić information content (AvgIpc) is 2.73. The molecule has 0 amide bonds. The van der Waals surface area contributed by atoms with E-state index in [1.54, 1.807) is 48.5 Å². The second-order valence-electron chi connectivity index (χ2n) is 5.96. The van der Waals surface area contributed by atoms with Crippen LogP contribution in [0, 0.1) is 0 Å². The quantitative estimate of drug-likeness (QED) is 0.428. The summed E-state index contributed by atoms with van der Waals surface area (Å²) >= 11 is 6.01. The van der Waals surface area contributed by atoms with Crippen LogP contribution in [0.3, 0.4) is 0 Å². The SMILES string of the molecule is COc1cccc(C=NNS(=O)(=O)c2ccccc2)c1OCc1cccc(Cl)c1. The molecule has 0 aliphatic heterocycles. The molecule has 29 heavy (non-hydrogen) atoms. The lowest BCUT2D eigenvalue weighted by molar-refractivity contribution is 0.284. The molecular formula is C21H19ClN2O4S. The summed E-state index contributed by atoms with van der Waals surface area (Å²) in [4.78, 5) is 2.32. The van der Waals surface area contributed by atoms with E-state index in [4.69, 9.17) is 21.1 Å². The zero-order valence-corrected chi connectivity index (χ0v) is 17.2. The van der Waals surface area contributed by atoms with Crippen LogP contribution in [0.4, 0.5) is 0 Å². The lowest BCUT2D eigenvalue weighted by Gasteiger charge is -2.13. The molecule has 6 nitrogen and oxygen atoms in total. The van der Waals surface area contributed by atoms with Gasteiger partial charge < -0.3 is 9.47 Å². The predicted octanol–water partition coefficient (Wildman–Crippen LogP) is 4.24. The van der Waals surface area contributed by atoms with E-state index >= 15 is 0 Å². The third-order valence-corrected chi connectivity index (χ3v) is 5.41. The van der Waals surface area contributed by atoms with Crippen LogP contribution in [-0.2, 0) is 16.6 Å². The molecule has 0 spiro atoms. The summed E-state index contributed by atoms with van der Waals surface area (Å²) in [6.07, 6.45) is 1.37. The Morgan fingerprint density at radius 3 is 2.52 bits per heavy atom. The number of para-hydroxylation sites is 1. The number of benzene rings is 3. The van der Waals surface area contributed by atoms with Crippen LogP contribution in [0.2, 0.25) is 5.02 Å². The van der Waals surface area contributed by atoms with Gasteiger partial charge in [0.1, 0.15) is 6.61 Å². The van der Waals surface area contributed by atoms with E-state index < -0.39 is 10.0 Å². The number of hydrazone groups is 1. The maximum absolute atomic E-state index is 12.3. The summed E-state index contributed by atoms with van der Waals surface area (Å²) in [5.41, 5.74) is 1.44. The van der Waals surface area contributed by atoms with Crippen molar-refractivity contribution >= 4 is 27.8 Å². The lowest BCUT2D eigenvalue weighted by atomic mass is 10.2. The molecule has 0 atom stereocenters. The van der Waals surface area contributed by atoms with Gasteiger partial charge in [0.25, 0.3) is 10.0 Å². The number of hydrogen-bond acceptors (Lipinski definition) is 5. The Balaban J connectivity index is 1.79. The van der Waals surface area contributed by atoms with E-state index in [1.165, 1.54) is 25.5 Å². The fourth-order valence-corrected chi connectivity index (χ4v) is 3.57. The lowest BCUT2D eigenvalue weighted by Crippen LogP contribution is -2.18. The Labute approximate surface area is 174 Å². The Kier molecular flexibility index (Phi) is 6.74. The third kappa shape index (κ3) is 5.49. The largest absolute Gasteiger partial charge is 0.493 e. The van der Waals surface area contributed by atoms with Gasteiger partial charge in [-0.05, 0) is 42.0 Å². The van der Waals surface area contributed by atoms with Crippen molar-refractivity contribution in [3.05, 3.63) is 88.9 Å². The van der Waals surface area contributed by atoms with Gasteiger partial charge in [-0.1, -0.05) is 48.0 Å². The first-order chi connectivity index (χ1) is 14.0. The Hall–Kier alpha value is -3.03. The molecule has 3 aromatic rings. The van der Waals surface area contributed by atoms with Crippen LogP contribution < -0.4 is 14.3 Å². The van der Waals surface area contributed by atoms with Crippen molar-refractivity contribution < 1.29 is 17.9 Å². The molecule has 0 bridgehead atoms. The van der Waals surface area contributed by atoms with Crippen LogP contribution in [-0.4, -0.2) is 21.7 Å². The number of methoxy groups -OCH3 is 1. The summed E-state index contributed by atoms with van der Waals surface area (Å²) < 4.78 is 35.8. The van der Waals surface area contributed by atoms with Crippen LogP contribution in [0.25, 0.3) is 0 Å². The summed E-state index contributed by atoms with van der Waals surface area (Å²) in [5, 5.41) is 4.49. The van der Waals surface area contributed by atoms with E-state index in [9.17, 15) is 8.42 Å². The molecule has 150 valence electrons. The van der Waals surface area contributed by atoms with Crippen LogP contribution in [0.15, 0.2) is 82.8 Å². The second-order valence-corrected chi connectivity index (χ2v) is 8.06. The van der Waals surface area contributed by atoms with Gasteiger partial charge in [0, 0.05) is 10.6 Å². The molecule has 0 unspecified atom stereocenters. The smallest absolute Gasteiger partial charge is 0.276 e. The highest BCUT2D eigenvalue weighted by Crippen LogP contribution is 2.31. The van der Waals surface area contributed by atoms with E-state index in [1.807, 2.05) is 12.1 Å². The van der Waals surface area contributed by atoms with Crippen LogP contribution >= 0.6 is 11.6 Å². The van der Waals surface area contributed by atoms with E-state index in [2.05, 4.69) is 9.93 Å². The number of rotatable bonds is 8. The van der Waals surface area contributed by atoms with Gasteiger partial charge in [-0.15, -0.1) is 0 Å². The topological polar surface area (TPSA) is 77.0 Å². The molecule has 8 heteroatoms. The molecule has 0 aliphatic carbocycles. The standard InChI is InChI=1S/C21H19ClN2O4S/c1-27-20-12-6-8-17(21(20)28-15-16-7-5-9-18(22)13-16)14-23-24-29(25,26)19-10-3-2-4-11-19/h2-14,24H,15H2,1H3. The highest BCUT2D eigenvalue weighted by atomic mass is 35.5. The number of ether oxygens (including phenoxy) is 2. The number of sulfonamides is 1. The number of halogens is 1. The van der Waals surface area contributed by atoms with Gasteiger partial charge in [-0.3, -0.25) is 0 Å². The number of nitrogens with one attached hydrogen (secondary N) is 1. The van der Waals surface area contributed by atoms with Crippen molar-refractivity contribution in [3.63, 3.8) is 0 Å². The third-order valence-electron chi connectivity index (χ3n) is 3.93. The molecule has 0 fully saturated rings. The molecule has 0 saturated carbocycles. The van der Waals surface area contributed by atoms with Crippen molar-refractivity contribution in [2.75, 3.05) is 7.11 Å². The first-order valence-corrected chi connectivity index (χ1v) is 10.5. The highest BCUT2D eigenvalue weighted by molar-refractivity contribution is 7.89. The zero-order chi connectivity index (χ0) is 20.7. The van der Waals surface area contributed by atoms with Gasteiger partial charge >= 0.3 is 0 Å². The molecule has 0 radical (unpaired) electrons. The second kappa shape index (κ2) is 9.45. The molecule has 3 aromatic carbocycles. The normalized spacial score (nSPS) is 11.4. The highest BCUT2D eigenvalue weighted by Gasteiger charge is 2.13. The van der Waals surface area contributed by atoms with E-state index in [0.29, 0.717) is 22.1 Å². The summed E-state index contributed by atoms with van der Waals surface area (Å²) in [6, 6.07) is 20.6. The first-order valence-electron chi connectivity index (χ1n) is 8.64. The van der Waals surface area contributed by atoms with Gasteiger partial charge in [-0.2, -0.15) is 13.5 Å².